The lowest BCUT2D eigenvalue weighted by Gasteiger charge is -2.15. The van der Waals surface area contributed by atoms with E-state index in [0.29, 0.717) is 10.7 Å². The molecule has 1 aliphatic rings. The quantitative estimate of drug-likeness (QED) is 0.238. The first-order chi connectivity index (χ1) is 18.3. The molecule has 0 saturated heterocycles. The van der Waals surface area contributed by atoms with Crippen molar-refractivity contribution < 1.29 is 19.1 Å². The molecule has 0 bridgehead atoms. The molecule has 0 aliphatic heterocycles. The highest BCUT2D eigenvalue weighted by molar-refractivity contribution is 7.10. The van der Waals surface area contributed by atoms with Crippen molar-refractivity contribution in [1.29, 1.82) is 0 Å². The average molecular weight is 547 g/mol. The molecule has 1 aromatic heterocycles. The number of ether oxygens (including phenoxy) is 2. The number of nitrogens with zero attached hydrogens (tertiary/aromatic N) is 1. The first kappa shape index (κ1) is 25.9. The number of nitrogens with one attached hydrogen (secondary N) is 1. The second kappa shape index (κ2) is 10.6. The van der Waals surface area contributed by atoms with E-state index in [9.17, 15) is 9.59 Å². The van der Waals surface area contributed by atoms with Crippen LogP contribution in [0.1, 0.15) is 42.7 Å². The SMILES string of the molecule is COC(=O)C1(c2ccc(-c3ccc(-c4snc(C)c4NC(=O)OC(C)c4cccc(Cl)c4)cc3)cc2)CC1. The summed E-state index contributed by atoms with van der Waals surface area (Å²) >= 11 is 7.39. The normalized spacial score (nSPS) is 14.4. The van der Waals surface area contributed by atoms with E-state index >= 15 is 0 Å². The Kier molecular flexibility index (Phi) is 7.23. The number of methoxy groups -OCH3 is 1. The Morgan fingerprint density at radius 3 is 2.24 bits per heavy atom. The lowest BCUT2D eigenvalue weighted by atomic mass is 9.93. The van der Waals surface area contributed by atoms with Crippen LogP contribution < -0.4 is 5.32 Å². The van der Waals surface area contributed by atoms with Gasteiger partial charge >= 0.3 is 12.1 Å². The first-order valence-electron chi connectivity index (χ1n) is 12.3. The Balaban J connectivity index is 1.29. The van der Waals surface area contributed by atoms with Crippen LogP contribution in [0.4, 0.5) is 10.5 Å². The third-order valence-electron chi connectivity index (χ3n) is 6.94. The minimum Gasteiger partial charge on any atom is -0.468 e. The number of rotatable bonds is 7. The number of hydrogen-bond acceptors (Lipinski definition) is 6. The van der Waals surface area contributed by atoms with E-state index in [2.05, 4.69) is 9.69 Å². The summed E-state index contributed by atoms with van der Waals surface area (Å²) in [7, 11) is 1.44. The first-order valence-corrected chi connectivity index (χ1v) is 13.4. The number of carbonyl (C=O) groups excluding carboxylic acids is 2. The molecule has 0 radical (unpaired) electrons. The number of amides is 1. The molecule has 1 aliphatic carbocycles. The van der Waals surface area contributed by atoms with E-state index in [1.54, 1.807) is 19.1 Å². The van der Waals surface area contributed by atoms with Crippen molar-refractivity contribution >= 4 is 40.9 Å². The third kappa shape index (κ3) is 5.17. The van der Waals surface area contributed by atoms with Crippen molar-refractivity contribution in [3.8, 4) is 21.6 Å². The standard InChI is InChI=1S/C30H27ClN2O4S/c1-18-26(32-29(35)37-19(2)23-5-4-6-25(31)17-23)27(38-33-18)22-9-7-20(8-10-22)21-11-13-24(14-12-21)30(15-16-30)28(34)36-3/h4-14,17,19H,15-16H2,1-3H3,(H,32,35). The Hall–Kier alpha value is -3.68. The predicted molar refractivity (Wildman–Crippen MR) is 151 cm³/mol. The third-order valence-corrected chi connectivity index (χ3v) is 8.16. The fraction of sp³-hybridized carbons (Fsp3) is 0.233. The molecule has 8 heteroatoms. The van der Waals surface area contributed by atoms with Crippen LogP contribution in [0.2, 0.25) is 5.02 Å². The van der Waals surface area contributed by atoms with Gasteiger partial charge in [-0.3, -0.25) is 10.1 Å². The van der Waals surface area contributed by atoms with E-state index in [-0.39, 0.29) is 5.97 Å². The van der Waals surface area contributed by atoms with Crippen LogP contribution >= 0.6 is 23.1 Å². The summed E-state index contributed by atoms with van der Waals surface area (Å²) in [6, 6.07) is 23.4. The van der Waals surface area contributed by atoms with Crippen LogP contribution in [0.5, 0.6) is 0 Å². The van der Waals surface area contributed by atoms with Crippen LogP contribution in [-0.4, -0.2) is 23.5 Å². The summed E-state index contributed by atoms with van der Waals surface area (Å²) in [5, 5.41) is 3.46. The number of anilines is 1. The number of aromatic nitrogens is 1. The Bertz CT molecular complexity index is 1480. The fourth-order valence-corrected chi connectivity index (χ4v) is 5.61. The summed E-state index contributed by atoms with van der Waals surface area (Å²) < 4.78 is 15.0. The highest BCUT2D eigenvalue weighted by atomic mass is 35.5. The maximum Gasteiger partial charge on any atom is 0.412 e. The molecule has 6 nitrogen and oxygen atoms in total. The highest BCUT2D eigenvalue weighted by Gasteiger charge is 2.52. The molecule has 5 rings (SSSR count). The van der Waals surface area contributed by atoms with Gasteiger partial charge in [0.05, 0.1) is 28.8 Å². The monoisotopic (exact) mass is 546 g/mol. The summed E-state index contributed by atoms with van der Waals surface area (Å²) in [6.45, 7) is 3.66. The van der Waals surface area contributed by atoms with Gasteiger partial charge in [0.2, 0.25) is 0 Å². The van der Waals surface area contributed by atoms with Gasteiger partial charge in [-0.1, -0.05) is 72.3 Å². The Labute approximate surface area is 230 Å². The van der Waals surface area contributed by atoms with Gasteiger partial charge in [0.1, 0.15) is 6.10 Å². The van der Waals surface area contributed by atoms with E-state index in [4.69, 9.17) is 21.1 Å². The summed E-state index contributed by atoms with van der Waals surface area (Å²) in [4.78, 5) is 25.7. The van der Waals surface area contributed by atoms with Crippen molar-refractivity contribution in [3.63, 3.8) is 0 Å². The molecule has 1 saturated carbocycles. The van der Waals surface area contributed by atoms with Crippen LogP contribution in [-0.2, 0) is 19.7 Å². The molecule has 1 atom stereocenters. The number of benzene rings is 3. The molecular weight excluding hydrogens is 520 g/mol. The second-order valence-electron chi connectivity index (χ2n) is 9.43. The van der Waals surface area contributed by atoms with Gasteiger partial charge < -0.3 is 9.47 Å². The number of hydrogen-bond donors (Lipinski definition) is 1. The Morgan fingerprint density at radius 1 is 1.00 bits per heavy atom. The van der Waals surface area contributed by atoms with Crippen molar-refractivity contribution in [2.24, 2.45) is 0 Å². The van der Waals surface area contributed by atoms with Gasteiger partial charge in [0.15, 0.2) is 0 Å². The van der Waals surface area contributed by atoms with Gasteiger partial charge in [-0.15, -0.1) is 0 Å². The number of aryl methyl sites for hydroxylation is 1. The zero-order valence-corrected chi connectivity index (χ0v) is 22.9. The van der Waals surface area contributed by atoms with Gasteiger partial charge in [-0.2, -0.15) is 4.37 Å². The molecule has 1 heterocycles. The number of esters is 1. The predicted octanol–water partition coefficient (Wildman–Crippen LogP) is 7.95. The fourth-order valence-electron chi connectivity index (χ4n) is 4.56. The van der Waals surface area contributed by atoms with Gasteiger partial charge in [0, 0.05) is 5.02 Å². The van der Waals surface area contributed by atoms with Gasteiger partial charge in [-0.05, 0) is 78.2 Å². The molecule has 1 amide bonds. The van der Waals surface area contributed by atoms with Crippen LogP contribution in [0.3, 0.4) is 0 Å². The van der Waals surface area contributed by atoms with E-state index in [0.717, 1.165) is 51.2 Å². The van der Waals surface area contributed by atoms with Crippen LogP contribution in [0.25, 0.3) is 21.6 Å². The second-order valence-corrected chi connectivity index (χ2v) is 10.6. The van der Waals surface area contributed by atoms with E-state index < -0.39 is 17.6 Å². The molecule has 0 spiro atoms. The Morgan fingerprint density at radius 2 is 1.63 bits per heavy atom. The lowest BCUT2D eigenvalue weighted by molar-refractivity contribution is -0.143. The van der Waals surface area contributed by atoms with Gasteiger partial charge in [-0.25, -0.2) is 4.79 Å². The molecular formula is C30H27ClN2O4S. The highest BCUT2D eigenvalue weighted by Crippen LogP contribution is 2.49. The molecule has 194 valence electrons. The number of halogens is 1. The molecule has 3 aromatic carbocycles. The zero-order valence-electron chi connectivity index (χ0n) is 21.3. The van der Waals surface area contributed by atoms with Crippen LogP contribution in [0, 0.1) is 6.92 Å². The summed E-state index contributed by atoms with van der Waals surface area (Å²) in [6.07, 6.45) is 0.632. The molecule has 1 fully saturated rings. The summed E-state index contributed by atoms with van der Waals surface area (Å²) in [5.74, 6) is -0.165. The van der Waals surface area contributed by atoms with Crippen molar-refractivity contribution in [2.45, 2.75) is 38.2 Å². The van der Waals surface area contributed by atoms with E-state index in [1.165, 1.54) is 18.6 Å². The molecule has 1 N–H and O–H groups in total. The largest absolute Gasteiger partial charge is 0.468 e. The molecule has 1 unspecified atom stereocenters. The van der Waals surface area contributed by atoms with Crippen LogP contribution in [0.15, 0.2) is 72.8 Å². The average Bonchev–Trinajstić information content (AvgIpc) is 3.67. The van der Waals surface area contributed by atoms with Crippen molar-refractivity contribution in [1.82, 2.24) is 4.37 Å². The van der Waals surface area contributed by atoms with Gasteiger partial charge in [0.25, 0.3) is 0 Å². The molecule has 38 heavy (non-hydrogen) atoms. The maximum absolute atomic E-state index is 12.7. The topological polar surface area (TPSA) is 77.5 Å². The zero-order chi connectivity index (χ0) is 26.9. The van der Waals surface area contributed by atoms with E-state index in [1.807, 2.05) is 67.6 Å². The molecule has 4 aromatic rings. The summed E-state index contributed by atoms with van der Waals surface area (Å²) in [5.41, 5.74) is 5.73. The lowest BCUT2D eigenvalue weighted by Crippen LogP contribution is -2.21. The van der Waals surface area contributed by atoms with Crippen molar-refractivity contribution in [3.05, 3.63) is 94.6 Å². The minimum atomic E-state index is -0.556. The smallest absolute Gasteiger partial charge is 0.412 e. The maximum atomic E-state index is 12.7. The van der Waals surface area contributed by atoms with Crippen molar-refractivity contribution in [2.75, 3.05) is 12.4 Å². The minimum absolute atomic E-state index is 0.165. The number of carbonyl (C=O) groups is 2.